The number of hydrogen-bond acceptors (Lipinski definition) is 4. The molecule has 1 aliphatic carbocycles. The van der Waals surface area contributed by atoms with Crippen LogP contribution in [0.25, 0.3) is 10.9 Å². The van der Waals surface area contributed by atoms with E-state index in [1.54, 1.807) is 12.0 Å². The Morgan fingerprint density at radius 1 is 1.12 bits per heavy atom. The Hall–Kier alpha value is -3.35. The van der Waals surface area contributed by atoms with Gasteiger partial charge in [-0.05, 0) is 60.4 Å². The fraction of sp³-hybridized carbons (Fsp3) is 0.423. The summed E-state index contributed by atoms with van der Waals surface area (Å²) in [6.07, 6.45) is 4.71. The first-order chi connectivity index (χ1) is 15.8. The molecular formula is C26H29N3O4. The van der Waals surface area contributed by atoms with Gasteiger partial charge in [-0.15, -0.1) is 0 Å². The van der Waals surface area contributed by atoms with Crippen molar-refractivity contribution in [1.29, 1.82) is 0 Å². The molecule has 0 atom stereocenters. The average molecular weight is 448 g/mol. The molecule has 0 bridgehead atoms. The van der Waals surface area contributed by atoms with E-state index in [-0.39, 0.29) is 22.7 Å². The zero-order valence-electron chi connectivity index (χ0n) is 19.3. The lowest BCUT2D eigenvalue weighted by atomic mass is 9.75. The second-order valence-corrected chi connectivity index (χ2v) is 10.1. The number of pyridine rings is 1. The first kappa shape index (κ1) is 21.5. The standard InChI is InChI=1S/C26H29N3O4/c1-26(2)12-22-18(23(30)13-26)11-19(24(31)28-22)25(32)29-8-6-15(7-9-29)20-14-27-21-5-4-16(33-3)10-17(20)21/h4-5,10-11,14-15,27H,6-9,12-13H2,1-3H3,(H,28,31). The predicted molar refractivity (Wildman–Crippen MR) is 126 cm³/mol. The molecule has 7 nitrogen and oxygen atoms in total. The highest BCUT2D eigenvalue weighted by atomic mass is 16.5. The highest BCUT2D eigenvalue weighted by Crippen LogP contribution is 2.36. The van der Waals surface area contributed by atoms with Crippen molar-refractivity contribution in [2.45, 2.75) is 45.4 Å². The van der Waals surface area contributed by atoms with Gasteiger partial charge in [-0.1, -0.05) is 13.8 Å². The van der Waals surface area contributed by atoms with Gasteiger partial charge >= 0.3 is 0 Å². The van der Waals surface area contributed by atoms with Gasteiger partial charge in [0.2, 0.25) is 0 Å². The van der Waals surface area contributed by atoms with Crippen molar-refractivity contribution < 1.29 is 14.3 Å². The molecule has 3 heterocycles. The summed E-state index contributed by atoms with van der Waals surface area (Å²) >= 11 is 0. The predicted octanol–water partition coefficient (Wildman–Crippen LogP) is 4.04. The number of hydrogen-bond donors (Lipinski definition) is 2. The van der Waals surface area contributed by atoms with E-state index in [1.165, 1.54) is 11.6 Å². The smallest absolute Gasteiger partial charge is 0.261 e. The molecule has 1 aliphatic heterocycles. The second-order valence-electron chi connectivity index (χ2n) is 10.1. The van der Waals surface area contributed by atoms with Gasteiger partial charge in [-0.3, -0.25) is 14.4 Å². The number of aromatic nitrogens is 2. The molecule has 172 valence electrons. The normalized spacial score (nSPS) is 18.4. The van der Waals surface area contributed by atoms with Crippen LogP contribution in [0.4, 0.5) is 0 Å². The summed E-state index contributed by atoms with van der Waals surface area (Å²) in [5.74, 6) is 0.830. The molecule has 0 spiro atoms. The van der Waals surface area contributed by atoms with Crippen LogP contribution in [0, 0.1) is 5.41 Å². The van der Waals surface area contributed by atoms with E-state index >= 15 is 0 Å². The van der Waals surface area contributed by atoms with E-state index in [0.29, 0.717) is 43.1 Å². The lowest BCUT2D eigenvalue weighted by Gasteiger charge is -2.33. The molecule has 33 heavy (non-hydrogen) atoms. The Bertz CT molecular complexity index is 1310. The number of likely N-dealkylation sites (tertiary alicyclic amines) is 1. The third-order valence-corrected chi connectivity index (χ3v) is 7.09. The zero-order valence-corrected chi connectivity index (χ0v) is 19.3. The van der Waals surface area contributed by atoms with E-state index in [1.807, 2.05) is 38.2 Å². The quantitative estimate of drug-likeness (QED) is 0.633. The average Bonchev–Trinajstić information content (AvgIpc) is 3.20. The van der Waals surface area contributed by atoms with Crippen LogP contribution in [0.1, 0.15) is 71.0 Å². The zero-order chi connectivity index (χ0) is 23.3. The maximum Gasteiger partial charge on any atom is 0.261 e. The highest BCUT2D eigenvalue weighted by molar-refractivity contribution is 6.02. The molecule has 1 saturated heterocycles. The van der Waals surface area contributed by atoms with Crippen LogP contribution in [0.15, 0.2) is 35.3 Å². The van der Waals surface area contributed by atoms with Gasteiger partial charge in [0.25, 0.3) is 11.5 Å². The molecule has 1 aromatic carbocycles. The minimum atomic E-state index is -0.407. The van der Waals surface area contributed by atoms with E-state index in [9.17, 15) is 14.4 Å². The van der Waals surface area contributed by atoms with E-state index < -0.39 is 5.56 Å². The summed E-state index contributed by atoms with van der Waals surface area (Å²) in [4.78, 5) is 46.4. The van der Waals surface area contributed by atoms with Gasteiger partial charge in [-0.25, -0.2) is 0 Å². The van der Waals surface area contributed by atoms with Crippen LogP contribution in [0.5, 0.6) is 5.75 Å². The Labute approximate surface area is 192 Å². The van der Waals surface area contributed by atoms with Crippen LogP contribution in [-0.2, 0) is 6.42 Å². The SMILES string of the molecule is COc1ccc2[nH]cc(C3CCN(C(=O)c4cc5c([nH]c4=O)CC(C)(C)CC5=O)CC3)c2c1. The van der Waals surface area contributed by atoms with Crippen molar-refractivity contribution in [1.82, 2.24) is 14.9 Å². The number of methoxy groups -OCH3 is 1. The Balaban J connectivity index is 1.34. The van der Waals surface area contributed by atoms with Crippen LogP contribution < -0.4 is 10.3 Å². The first-order valence-corrected chi connectivity index (χ1v) is 11.5. The van der Waals surface area contributed by atoms with Crippen molar-refractivity contribution in [3.05, 3.63) is 63.2 Å². The lowest BCUT2D eigenvalue weighted by Crippen LogP contribution is -2.41. The minimum Gasteiger partial charge on any atom is -0.497 e. The van der Waals surface area contributed by atoms with E-state index in [2.05, 4.69) is 9.97 Å². The van der Waals surface area contributed by atoms with Crippen molar-refractivity contribution in [2.75, 3.05) is 20.2 Å². The number of rotatable bonds is 3. The summed E-state index contributed by atoms with van der Waals surface area (Å²) in [7, 11) is 1.66. The van der Waals surface area contributed by atoms with Crippen LogP contribution >= 0.6 is 0 Å². The summed E-state index contributed by atoms with van der Waals surface area (Å²) < 4.78 is 5.38. The van der Waals surface area contributed by atoms with Crippen molar-refractivity contribution in [3.8, 4) is 5.75 Å². The first-order valence-electron chi connectivity index (χ1n) is 11.5. The van der Waals surface area contributed by atoms with Gasteiger partial charge in [0.05, 0.1) is 7.11 Å². The Morgan fingerprint density at radius 2 is 1.88 bits per heavy atom. The number of nitrogens with one attached hydrogen (secondary N) is 2. The maximum atomic E-state index is 13.2. The molecule has 1 amide bonds. The van der Waals surface area contributed by atoms with Crippen molar-refractivity contribution in [2.24, 2.45) is 5.41 Å². The third kappa shape index (κ3) is 3.86. The maximum absolute atomic E-state index is 13.2. The fourth-order valence-corrected chi connectivity index (χ4v) is 5.34. The number of benzene rings is 1. The number of ether oxygens (including phenoxy) is 1. The fourth-order valence-electron chi connectivity index (χ4n) is 5.34. The molecular weight excluding hydrogens is 418 g/mol. The summed E-state index contributed by atoms with van der Waals surface area (Å²) in [5, 5.41) is 1.15. The van der Waals surface area contributed by atoms with Gasteiger partial charge in [-0.2, -0.15) is 0 Å². The number of ketones is 1. The van der Waals surface area contributed by atoms with Gasteiger partial charge in [0, 0.05) is 47.9 Å². The second kappa shape index (κ2) is 7.90. The number of H-pyrrole nitrogens is 2. The molecule has 0 unspecified atom stereocenters. The molecule has 1 fully saturated rings. The molecule has 7 heteroatoms. The molecule has 2 N–H and O–H groups in total. The lowest BCUT2D eigenvalue weighted by molar-refractivity contribution is 0.0711. The molecule has 3 aromatic rings. The highest BCUT2D eigenvalue weighted by Gasteiger charge is 2.34. The molecule has 2 aliphatic rings. The molecule has 5 rings (SSSR count). The molecule has 0 radical (unpaired) electrons. The number of fused-ring (bicyclic) bond motifs is 2. The van der Waals surface area contributed by atoms with Crippen LogP contribution in [0.2, 0.25) is 0 Å². The number of carbonyl (C=O) groups is 2. The van der Waals surface area contributed by atoms with E-state index in [4.69, 9.17) is 4.74 Å². The number of amides is 1. The topological polar surface area (TPSA) is 95.3 Å². The van der Waals surface area contributed by atoms with Crippen molar-refractivity contribution in [3.63, 3.8) is 0 Å². The van der Waals surface area contributed by atoms with Crippen molar-refractivity contribution >= 4 is 22.6 Å². The summed E-state index contributed by atoms with van der Waals surface area (Å²) in [6, 6.07) is 7.52. The summed E-state index contributed by atoms with van der Waals surface area (Å²) in [5.41, 5.74) is 2.90. The number of nitrogens with zero attached hydrogens (tertiary/aromatic N) is 1. The summed E-state index contributed by atoms with van der Waals surface area (Å²) in [6.45, 7) is 5.16. The van der Waals surface area contributed by atoms with Gasteiger partial charge in [0.1, 0.15) is 11.3 Å². The number of aromatic amines is 2. The Morgan fingerprint density at radius 3 is 2.61 bits per heavy atom. The monoisotopic (exact) mass is 447 g/mol. The van der Waals surface area contributed by atoms with Crippen LogP contribution in [0.3, 0.4) is 0 Å². The van der Waals surface area contributed by atoms with E-state index in [0.717, 1.165) is 29.5 Å². The number of Topliss-reactive ketones (excluding diaryl/α,β-unsaturated/α-hetero) is 1. The van der Waals surface area contributed by atoms with Crippen LogP contribution in [-0.4, -0.2) is 46.8 Å². The number of piperidine rings is 1. The molecule has 2 aromatic heterocycles. The Kier molecular flexibility index (Phi) is 5.15. The van der Waals surface area contributed by atoms with Gasteiger partial charge < -0.3 is 19.6 Å². The minimum absolute atomic E-state index is 0.0139. The van der Waals surface area contributed by atoms with Gasteiger partial charge in [0.15, 0.2) is 5.78 Å². The largest absolute Gasteiger partial charge is 0.497 e. The third-order valence-electron chi connectivity index (χ3n) is 7.09. The molecule has 0 saturated carbocycles. The number of carbonyl (C=O) groups excluding carboxylic acids is 2.